The molecule has 1 aromatic rings. The molecule has 0 saturated carbocycles. The predicted molar refractivity (Wildman–Crippen MR) is 70.3 cm³/mol. The molecule has 0 bridgehead atoms. The van der Waals surface area contributed by atoms with Crippen LogP contribution >= 0.6 is 11.3 Å². The Hall–Kier alpha value is -0.870. The Morgan fingerprint density at radius 2 is 2.29 bits per heavy atom. The molecule has 4 nitrogen and oxygen atoms in total. The molecule has 1 aromatic heterocycles. The van der Waals surface area contributed by atoms with Gasteiger partial charge in [-0.05, 0) is 13.1 Å². The normalized spacial score (nSPS) is 11.6. The molecular formula is C11H16N2O2S2. The van der Waals surface area contributed by atoms with E-state index in [2.05, 4.69) is 11.2 Å². The van der Waals surface area contributed by atoms with Crippen molar-refractivity contribution in [2.24, 2.45) is 0 Å². The van der Waals surface area contributed by atoms with E-state index in [0.717, 1.165) is 4.88 Å². The molecule has 0 amide bonds. The Kier molecular flexibility index (Phi) is 5.15. The average molecular weight is 272 g/mol. The largest absolute Gasteiger partial charge is 0.315 e. The van der Waals surface area contributed by atoms with Crippen LogP contribution in [0.3, 0.4) is 0 Å². The fourth-order valence-corrected chi connectivity index (χ4v) is 4.02. The van der Waals surface area contributed by atoms with Crippen molar-refractivity contribution in [2.45, 2.75) is 18.4 Å². The minimum atomic E-state index is -3.44. The monoisotopic (exact) mass is 272 g/mol. The van der Waals surface area contributed by atoms with Gasteiger partial charge in [-0.2, -0.15) is 4.31 Å². The Balaban J connectivity index is 2.99. The van der Waals surface area contributed by atoms with Gasteiger partial charge in [0.25, 0.3) is 0 Å². The highest BCUT2D eigenvalue weighted by Gasteiger charge is 2.23. The Bertz CT molecular complexity index is 500. The van der Waals surface area contributed by atoms with Gasteiger partial charge in [0.05, 0.1) is 11.4 Å². The first kappa shape index (κ1) is 14.2. The molecular weight excluding hydrogens is 256 g/mol. The van der Waals surface area contributed by atoms with Gasteiger partial charge >= 0.3 is 0 Å². The molecule has 0 fully saturated rings. The number of hydrogen-bond acceptors (Lipinski definition) is 4. The molecule has 0 aromatic carbocycles. The van der Waals surface area contributed by atoms with Crippen molar-refractivity contribution in [1.29, 1.82) is 0 Å². The number of nitrogens with one attached hydrogen (secondary N) is 1. The lowest BCUT2D eigenvalue weighted by molar-refractivity contribution is 0.464. The molecule has 0 unspecified atom stereocenters. The van der Waals surface area contributed by atoms with Crippen LogP contribution in [-0.2, 0) is 16.6 Å². The van der Waals surface area contributed by atoms with Gasteiger partial charge in [-0.15, -0.1) is 17.8 Å². The zero-order valence-corrected chi connectivity index (χ0v) is 11.6. The molecule has 17 heavy (non-hydrogen) atoms. The maximum absolute atomic E-state index is 12.2. The second kappa shape index (κ2) is 6.17. The van der Waals surface area contributed by atoms with E-state index in [9.17, 15) is 8.42 Å². The Morgan fingerprint density at radius 3 is 2.82 bits per heavy atom. The summed E-state index contributed by atoms with van der Waals surface area (Å²) in [7, 11) is -1.61. The highest BCUT2D eigenvalue weighted by molar-refractivity contribution is 7.89. The van der Waals surface area contributed by atoms with E-state index >= 15 is 0 Å². The molecule has 1 rings (SSSR count). The number of thiophene rings is 1. The second-order valence-electron chi connectivity index (χ2n) is 3.41. The van der Waals surface area contributed by atoms with Crippen LogP contribution in [0.4, 0.5) is 0 Å². The van der Waals surface area contributed by atoms with Crippen LogP contribution in [0.1, 0.15) is 11.8 Å². The molecule has 1 heterocycles. The van der Waals surface area contributed by atoms with Crippen LogP contribution in [0.5, 0.6) is 0 Å². The third kappa shape index (κ3) is 3.30. The van der Waals surface area contributed by atoms with Gasteiger partial charge in [0.15, 0.2) is 0 Å². The first-order chi connectivity index (χ1) is 8.06. The summed E-state index contributed by atoms with van der Waals surface area (Å²) in [4.78, 5) is 1.31. The van der Waals surface area contributed by atoms with Crippen LogP contribution in [-0.4, -0.2) is 32.9 Å². The van der Waals surface area contributed by atoms with Gasteiger partial charge in [-0.1, -0.05) is 12.8 Å². The van der Waals surface area contributed by atoms with E-state index in [4.69, 9.17) is 6.42 Å². The lowest BCUT2D eigenvalue weighted by atomic mass is 10.5. The summed E-state index contributed by atoms with van der Waals surface area (Å²) in [5, 5.41) is 4.64. The molecule has 0 radical (unpaired) electrons. The van der Waals surface area contributed by atoms with Crippen molar-refractivity contribution in [1.82, 2.24) is 9.62 Å². The van der Waals surface area contributed by atoms with Crippen molar-refractivity contribution < 1.29 is 8.42 Å². The van der Waals surface area contributed by atoms with Crippen LogP contribution in [0.25, 0.3) is 0 Å². The van der Waals surface area contributed by atoms with Crippen LogP contribution < -0.4 is 5.32 Å². The highest BCUT2D eigenvalue weighted by Crippen LogP contribution is 2.22. The zero-order chi connectivity index (χ0) is 12.9. The van der Waals surface area contributed by atoms with Crippen molar-refractivity contribution in [3.63, 3.8) is 0 Å². The van der Waals surface area contributed by atoms with Crippen molar-refractivity contribution in [3.05, 3.63) is 16.3 Å². The maximum atomic E-state index is 12.2. The van der Waals surface area contributed by atoms with Crippen LogP contribution in [0.2, 0.25) is 0 Å². The Morgan fingerprint density at radius 1 is 1.59 bits per heavy atom. The minimum absolute atomic E-state index is 0.107. The first-order valence-corrected chi connectivity index (χ1v) is 7.53. The number of hydrogen-bond donors (Lipinski definition) is 1. The van der Waals surface area contributed by atoms with Gasteiger partial charge in [-0.25, -0.2) is 8.42 Å². The van der Waals surface area contributed by atoms with Gasteiger partial charge in [0.2, 0.25) is 10.0 Å². The fourth-order valence-electron chi connectivity index (χ4n) is 1.38. The van der Waals surface area contributed by atoms with E-state index in [1.807, 2.05) is 7.05 Å². The molecule has 0 spiro atoms. The van der Waals surface area contributed by atoms with E-state index < -0.39 is 10.0 Å². The lowest BCUT2D eigenvalue weighted by Crippen LogP contribution is -2.30. The summed E-state index contributed by atoms with van der Waals surface area (Å²) in [5.74, 6) is 2.36. The number of rotatable bonds is 6. The molecule has 0 aliphatic carbocycles. The smallest absolute Gasteiger partial charge is 0.244 e. The summed E-state index contributed by atoms with van der Waals surface area (Å²) in [6.45, 7) is 2.93. The minimum Gasteiger partial charge on any atom is -0.315 e. The standard InChI is InChI=1S/C11H16N2O2S2/c1-4-6-13(5-2)17(14,15)11-7-10(8-12-3)16-9-11/h1,7,9,12H,5-6,8H2,2-3H3. The van der Waals surface area contributed by atoms with Crippen molar-refractivity contribution in [3.8, 4) is 12.3 Å². The third-order valence-corrected chi connectivity index (χ3v) is 5.22. The molecule has 0 aliphatic rings. The van der Waals surface area contributed by atoms with Crippen LogP contribution in [0.15, 0.2) is 16.3 Å². The van der Waals surface area contributed by atoms with Crippen LogP contribution in [0, 0.1) is 12.3 Å². The SMILES string of the molecule is C#CCN(CC)S(=O)(=O)c1csc(CNC)c1. The molecule has 0 aliphatic heterocycles. The van der Waals surface area contributed by atoms with Gasteiger partial charge < -0.3 is 5.32 Å². The Labute approximate surface area is 107 Å². The number of nitrogens with zero attached hydrogens (tertiary/aromatic N) is 1. The quantitative estimate of drug-likeness (QED) is 0.789. The molecule has 6 heteroatoms. The summed E-state index contributed by atoms with van der Waals surface area (Å²) in [6, 6.07) is 1.69. The zero-order valence-electron chi connectivity index (χ0n) is 9.93. The number of terminal acetylenes is 1. The molecule has 94 valence electrons. The number of sulfonamides is 1. The average Bonchev–Trinajstić information content (AvgIpc) is 2.75. The third-order valence-electron chi connectivity index (χ3n) is 2.24. The molecule has 0 saturated heterocycles. The highest BCUT2D eigenvalue weighted by atomic mass is 32.2. The fraction of sp³-hybridized carbons (Fsp3) is 0.455. The topological polar surface area (TPSA) is 49.4 Å². The van der Waals surface area contributed by atoms with Gasteiger partial charge in [0.1, 0.15) is 0 Å². The lowest BCUT2D eigenvalue weighted by Gasteiger charge is -2.16. The first-order valence-electron chi connectivity index (χ1n) is 5.21. The summed E-state index contributed by atoms with van der Waals surface area (Å²) < 4.78 is 25.7. The summed E-state index contributed by atoms with van der Waals surface area (Å²) >= 11 is 1.43. The van der Waals surface area contributed by atoms with Crippen molar-refractivity contribution >= 4 is 21.4 Å². The predicted octanol–water partition coefficient (Wildman–Crippen LogP) is 1.11. The summed E-state index contributed by atoms with van der Waals surface area (Å²) in [6.07, 6.45) is 5.17. The second-order valence-corrected chi connectivity index (χ2v) is 6.35. The van der Waals surface area contributed by atoms with Gasteiger partial charge in [-0.3, -0.25) is 0 Å². The van der Waals surface area contributed by atoms with Gasteiger partial charge in [0, 0.05) is 23.3 Å². The van der Waals surface area contributed by atoms with E-state index in [1.165, 1.54) is 15.6 Å². The van der Waals surface area contributed by atoms with E-state index in [0.29, 0.717) is 18.0 Å². The van der Waals surface area contributed by atoms with Crippen molar-refractivity contribution in [2.75, 3.05) is 20.1 Å². The molecule has 1 N–H and O–H groups in total. The maximum Gasteiger partial charge on any atom is 0.244 e. The van der Waals surface area contributed by atoms with E-state index in [-0.39, 0.29) is 6.54 Å². The summed E-state index contributed by atoms with van der Waals surface area (Å²) in [5.41, 5.74) is 0. The molecule has 0 atom stereocenters. The van der Waals surface area contributed by atoms with E-state index in [1.54, 1.807) is 18.4 Å².